The quantitative estimate of drug-likeness (QED) is 0.710. The van der Waals surface area contributed by atoms with Crippen molar-refractivity contribution in [1.82, 2.24) is 9.88 Å². The predicted molar refractivity (Wildman–Crippen MR) is 113 cm³/mol. The van der Waals surface area contributed by atoms with Crippen LogP contribution in [0.5, 0.6) is 0 Å². The summed E-state index contributed by atoms with van der Waals surface area (Å²) in [5.74, 6) is -3.00. The minimum atomic E-state index is -2.63. The van der Waals surface area contributed by atoms with Crippen molar-refractivity contribution in [3.05, 3.63) is 58.5 Å². The molecule has 0 bridgehead atoms. The molecule has 2 aromatic rings. The molecule has 2 N–H and O–H groups in total. The van der Waals surface area contributed by atoms with Gasteiger partial charge in [0.1, 0.15) is 5.54 Å². The molecule has 1 saturated heterocycles. The number of anilines is 1. The zero-order valence-electron chi connectivity index (χ0n) is 17.3. The molecule has 1 aliphatic carbocycles. The summed E-state index contributed by atoms with van der Waals surface area (Å²) in [6.07, 6.45) is -1.33. The number of amides is 2. The van der Waals surface area contributed by atoms with Crippen molar-refractivity contribution in [3.8, 4) is 0 Å². The molecule has 7 nitrogen and oxygen atoms in total. The maximum Gasteiger partial charge on any atom is 0.263 e. The number of ketones is 1. The minimum Gasteiger partial charge on any atom is -0.369 e. The molecule has 1 aliphatic heterocycles. The fourth-order valence-electron chi connectivity index (χ4n) is 4.40. The molecule has 2 aliphatic rings. The molecule has 2 amide bonds. The molecule has 1 aromatic carbocycles. The first kappa shape index (κ1) is 23.0. The van der Waals surface area contributed by atoms with E-state index >= 15 is 0 Å². The Kier molecular flexibility index (Phi) is 6.04. The first-order valence-electron chi connectivity index (χ1n) is 10.2. The molecule has 1 aromatic heterocycles. The monoisotopic (exact) mass is 480 g/mol. The molecule has 1 saturated carbocycles. The Morgan fingerprint density at radius 1 is 1.21 bits per heavy atom. The Bertz CT molecular complexity index is 1110. The maximum atomic E-state index is 14.5. The van der Waals surface area contributed by atoms with Gasteiger partial charge in [-0.15, -0.1) is 0 Å². The van der Waals surface area contributed by atoms with Gasteiger partial charge in [-0.05, 0) is 24.5 Å². The average Bonchev–Trinajstić information content (AvgIpc) is 2.81. The van der Waals surface area contributed by atoms with Crippen molar-refractivity contribution in [2.75, 3.05) is 18.0 Å². The van der Waals surface area contributed by atoms with Crippen LogP contribution in [-0.2, 0) is 20.9 Å². The number of hydrogen-bond donors (Lipinski definition) is 1. The summed E-state index contributed by atoms with van der Waals surface area (Å²) in [4.78, 5) is 44.9. The van der Waals surface area contributed by atoms with Gasteiger partial charge in [-0.1, -0.05) is 35.9 Å². The highest BCUT2D eigenvalue weighted by Crippen LogP contribution is 2.45. The van der Waals surface area contributed by atoms with Gasteiger partial charge in [0.15, 0.2) is 17.4 Å². The zero-order valence-corrected chi connectivity index (χ0v) is 18.1. The van der Waals surface area contributed by atoms with E-state index in [1.54, 1.807) is 0 Å². The van der Waals surface area contributed by atoms with Crippen LogP contribution in [0.3, 0.4) is 0 Å². The summed E-state index contributed by atoms with van der Waals surface area (Å²) in [5.41, 5.74) is 4.47. The fourth-order valence-corrected chi connectivity index (χ4v) is 4.54. The van der Waals surface area contributed by atoms with Crippen LogP contribution in [0.25, 0.3) is 0 Å². The van der Waals surface area contributed by atoms with Gasteiger partial charge in [-0.2, -0.15) is 0 Å². The van der Waals surface area contributed by atoms with E-state index in [0.717, 1.165) is 6.07 Å². The number of nitrogens with zero attached hydrogens (tertiary/aromatic N) is 3. The summed E-state index contributed by atoms with van der Waals surface area (Å²) in [5, 5.41) is 0.0670. The molecule has 2 heterocycles. The van der Waals surface area contributed by atoms with Crippen LogP contribution in [0.15, 0.2) is 36.5 Å². The molecule has 11 heteroatoms. The number of rotatable bonds is 5. The highest BCUT2D eigenvalue weighted by atomic mass is 35.5. The number of carbonyl (C=O) groups excluding carboxylic acids is 3. The Morgan fingerprint density at radius 3 is 2.45 bits per heavy atom. The average molecular weight is 481 g/mol. The Morgan fingerprint density at radius 2 is 1.88 bits per heavy atom. The van der Waals surface area contributed by atoms with Gasteiger partial charge < -0.3 is 15.5 Å². The van der Waals surface area contributed by atoms with Gasteiger partial charge >= 0.3 is 0 Å². The third-order valence-electron chi connectivity index (χ3n) is 6.23. The summed E-state index contributed by atoms with van der Waals surface area (Å²) in [7, 11) is 0. The van der Waals surface area contributed by atoms with Gasteiger partial charge in [-0.25, -0.2) is 18.2 Å². The van der Waals surface area contributed by atoms with E-state index in [-0.39, 0.29) is 54.7 Å². The van der Waals surface area contributed by atoms with Crippen molar-refractivity contribution in [1.29, 1.82) is 0 Å². The zero-order chi connectivity index (χ0) is 23.9. The van der Waals surface area contributed by atoms with E-state index in [2.05, 4.69) is 4.98 Å². The van der Waals surface area contributed by atoms with Crippen LogP contribution in [0.2, 0.25) is 5.02 Å². The molecule has 1 spiro atoms. The molecule has 2 fully saturated rings. The Balaban J connectivity index is 1.67. The predicted octanol–water partition coefficient (Wildman–Crippen LogP) is 2.86. The Hall–Kier alpha value is -3.14. The molecule has 0 radical (unpaired) electrons. The lowest BCUT2D eigenvalue weighted by Crippen LogP contribution is -2.65. The number of halogens is 4. The number of benzene rings is 1. The topological polar surface area (TPSA) is 96.6 Å². The van der Waals surface area contributed by atoms with Crippen LogP contribution in [-0.4, -0.2) is 46.1 Å². The van der Waals surface area contributed by atoms with Crippen LogP contribution in [0.4, 0.5) is 19.0 Å². The highest BCUT2D eigenvalue weighted by molar-refractivity contribution is 6.30. The van der Waals surface area contributed by atoms with Gasteiger partial charge in [-0.3, -0.25) is 14.4 Å². The third-order valence-corrected chi connectivity index (χ3v) is 6.43. The van der Waals surface area contributed by atoms with Crippen LogP contribution in [0.1, 0.15) is 30.4 Å². The van der Waals surface area contributed by atoms with Crippen molar-refractivity contribution in [2.45, 2.75) is 31.4 Å². The van der Waals surface area contributed by atoms with E-state index < -0.39 is 35.5 Å². The van der Waals surface area contributed by atoms with E-state index in [4.69, 9.17) is 17.3 Å². The largest absolute Gasteiger partial charge is 0.369 e. The summed E-state index contributed by atoms with van der Waals surface area (Å²) >= 11 is 5.76. The summed E-state index contributed by atoms with van der Waals surface area (Å²) < 4.78 is 40.3. The third kappa shape index (κ3) is 4.27. The smallest absolute Gasteiger partial charge is 0.263 e. The highest BCUT2D eigenvalue weighted by Gasteiger charge is 2.58. The molecule has 33 heavy (non-hydrogen) atoms. The first-order chi connectivity index (χ1) is 15.6. The van der Waals surface area contributed by atoms with Gasteiger partial charge in [0.25, 0.3) is 6.43 Å². The second kappa shape index (κ2) is 8.66. The van der Waals surface area contributed by atoms with Crippen LogP contribution in [0, 0.1) is 11.7 Å². The summed E-state index contributed by atoms with van der Waals surface area (Å²) in [6.45, 7) is -0.678. The second-order valence-electron chi connectivity index (χ2n) is 8.30. The number of carbonyl (C=O) groups is 3. The van der Waals surface area contributed by atoms with Gasteiger partial charge in [0.2, 0.25) is 11.8 Å². The molecular formula is C22H20ClF3N4O3. The lowest BCUT2D eigenvalue weighted by molar-refractivity contribution is -0.157. The van der Waals surface area contributed by atoms with Crippen molar-refractivity contribution < 1.29 is 27.6 Å². The van der Waals surface area contributed by atoms with Gasteiger partial charge in [0.05, 0.1) is 18.1 Å². The lowest BCUT2D eigenvalue weighted by atomic mass is 9.64. The molecule has 174 valence electrons. The Labute approximate surface area is 192 Å². The first-order valence-corrected chi connectivity index (χ1v) is 10.5. The number of nitrogens with two attached hydrogens (primary N) is 1. The lowest BCUT2D eigenvalue weighted by Gasteiger charge is -2.51. The maximum absolute atomic E-state index is 14.5. The normalized spacial score (nSPS) is 23.1. The number of primary amides is 1. The van der Waals surface area contributed by atoms with E-state index in [1.165, 1.54) is 40.3 Å². The van der Waals surface area contributed by atoms with Crippen molar-refractivity contribution in [3.63, 3.8) is 0 Å². The standard InChI is InChI=1S/C22H20ClF3N4O3/c23-15-5-16(24)21(28-8-15)29-10-17(31)22(6-14(7-22)20(27)33)30(18(32)11-29)9-12-1-3-13(4-2-12)19(25)26/h1-5,8,14,19H,6-7,9-11H2,(H2,27,33). The minimum absolute atomic E-state index is 0.0378. The number of hydrogen-bond acceptors (Lipinski definition) is 5. The SMILES string of the molecule is NC(=O)C1CC2(C1)C(=O)CN(c1ncc(Cl)cc1F)CC(=O)N2Cc1ccc(C(F)F)cc1. The number of pyridine rings is 1. The second-order valence-corrected chi connectivity index (χ2v) is 8.74. The molecule has 0 unspecified atom stereocenters. The van der Waals surface area contributed by atoms with Crippen molar-refractivity contribution >= 4 is 35.0 Å². The van der Waals surface area contributed by atoms with Crippen LogP contribution < -0.4 is 10.6 Å². The molecule has 4 rings (SSSR count). The number of aromatic nitrogens is 1. The number of alkyl halides is 2. The van der Waals surface area contributed by atoms with E-state index in [1.807, 2.05) is 0 Å². The van der Waals surface area contributed by atoms with Crippen LogP contribution >= 0.6 is 11.6 Å². The van der Waals surface area contributed by atoms with Crippen molar-refractivity contribution in [2.24, 2.45) is 11.7 Å². The number of Topliss-reactive ketones (excluding diaryl/α,β-unsaturated/α-hetero) is 1. The van der Waals surface area contributed by atoms with Gasteiger partial charge in [0, 0.05) is 24.2 Å². The molecule has 0 atom stereocenters. The molecular weight excluding hydrogens is 461 g/mol. The fraction of sp³-hybridized carbons (Fsp3) is 0.364. The van der Waals surface area contributed by atoms with E-state index in [0.29, 0.717) is 5.56 Å². The summed E-state index contributed by atoms with van der Waals surface area (Å²) in [6, 6.07) is 6.46. The van der Waals surface area contributed by atoms with E-state index in [9.17, 15) is 27.6 Å².